The molecule has 0 spiro atoms. The summed E-state index contributed by atoms with van der Waals surface area (Å²) in [6, 6.07) is 52.2. The van der Waals surface area contributed by atoms with E-state index in [1.165, 1.54) is 33.1 Å². The molecule has 1 aliphatic carbocycles. The van der Waals surface area contributed by atoms with E-state index in [0.29, 0.717) is 5.56 Å². The van der Waals surface area contributed by atoms with Crippen LogP contribution in [0.2, 0.25) is 0 Å². The Balaban J connectivity index is 1.26. The number of fused-ring (bicyclic) bond motifs is 6. The molecule has 0 N–H and O–H groups in total. The van der Waals surface area contributed by atoms with Gasteiger partial charge >= 0.3 is 0 Å². The summed E-state index contributed by atoms with van der Waals surface area (Å²) in [7, 11) is 0. The van der Waals surface area contributed by atoms with Crippen LogP contribution in [0.25, 0.3) is 49.7 Å². The smallest absolute Gasteiger partial charge is 0.0991 e. The second kappa shape index (κ2) is 10.5. The van der Waals surface area contributed by atoms with Crippen LogP contribution in [0.3, 0.4) is 0 Å². The number of aromatic nitrogens is 1. The van der Waals surface area contributed by atoms with Gasteiger partial charge in [0, 0.05) is 33.1 Å². The van der Waals surface area contributed by atoms with Gasteiger partial charge in [0.2, 0.25) is 0 Å². The summed E-state index contributed by atoms with van der Waals surface area (Å²) in [6.45, 7) is 2.34. The lowest BCUT2D eigenvalue weighted by atomic mass is 9.76. The van der Waals surface area contributed by atoms with E-state index >= 15 is 0 Å². The first-order chi connectivity index (χ1) is 23.1. The van der Waals surface area contributed by atoms with Crippen LogP contribution in [0.1, 0.15) is 18.1 Å². The van der Waals surface area contributed by atoms with Crippen molar-refractivity contribution in [3.63, 3.8) is 0 Å². The molecule has 0 fully saturated rings. The van der Waals surface area contributed by atoms with Gasteiger partial charge in [0.1, 0.15) is 0 Å². The highest BCUT2D eigenvalue weighted by Crippen LogP contribution is 2.53. The van der Waals surface area contributed by atoms with Crippen molar-refractivity contribution in [2.75, 3.05) is 4.90 Å². The Hall–Kier alpha value is -6.11. The summed E-state index contributed by atoms with van der Waals surface area (Å²) in [5, 5.41) is 12.3. The largest absolute Gasteiger partial charge is 0.332 e. The molecular weight excluding hydrogens is 571 g/mol. The van der Waals surface area contributed by atoms with Gasteiger partial charge in [-0.3, -0.25) is 0 Å². The number of nitriles is 1. The normalized spacial score (nSPS) is 18.0. The molecule has 9 rings (SSSR count). The average Bonchev–Trinajstić information content (AvgIpc) is 3.61. The molecule has 0 bridgehead atoms. The third-order valence-corrected chi connectivity index (χ3v) is 10.1. The van der Waals surface area contributed by atoms with Gasteiger partial charge < -0.3 is 9.47 Å². The number of allylic oxidation sites excluding steroid dienone is 2. The highest BCUT2D eigenvalue weighted by atomic mass is 15.2. The fourth-order valence-electron chi connectivity index (χ4n) is 7.83. The maximum Gasteiger partial charge on any atom is 0.0991 e. The standard InChI is InChI=1S/C44H31N3/c1-44-25-9-8-22-43(44)47(41-21-7-4-18-38(41)44)42-28-32(23-24-35(42)33-14-10-12-30(26-33)29-45)31-13-11-15-34(27-31)46-39-19-5-2-16-36(39)37-17-3-6-20-40(37)46/h2-28,43H,1H3. The minimum absolute atomic E-state index is 0.113. The Kier molecular flexibility index (Phi) is 6.07. The second-order valence-electron chi connectivity index (χ2n) is 12.7. The van der Waals surface area contributed by atoms with Crippen LogP contribution in [0.5, 0.6) is 0 Å². The Labute approximate surface area is 274 Å². The lowest BCUT2D eigenvalue weighted by Gasteiger charge is -2.36. The summed E-state index contributed by atoms with van der Waals surface area (Å²) < 4.78 is 2.37. The third kappa shape index (κ3) is 4.12. The molecule has 0 saturated carbocycles. The number of rotatable bonds is 4. The van der Waals surface area contributed by atoms with Crippen LogP contribution in [0, 0.1) is 11.3 Å². The number of hydrogen-bond donors (Lipinski definition) is 0. The molecule has 1 aromatic heterocycles. The number of nitrogens with zero attached hydrogens (tertiary/aromatic N) is 3. The van der Waals surface area contributed by atoms with Crippen LogP contribution in [-0.2, 0) is 5.41 Å². The predicted molar refractivity (Wildman–Crippen MR) is 194 cm³/mol. The van der Waals surface area contributed by atoms with E-state index in [1.54, 1.807) is 0 Å². The summed E-state index contributed by atoms with van der Waals surface area (Å²) in [4.78, 5) is 2.50. The van der Waals surface area contributed by atoms with Crippen LogP contribution in [0.4, 0.5) is 11.4 Å². The Morgan fingerprint density at radius 1 is 0.617 bits per heavy atom. The lowest BCUT2D eigenvalue weighted by Crippen LogP contribution is -2.39. The predicted octanol–water partition coefficient (Wildman–Crippen LogP) is 10.9. The van der Waals surface area contributed by atoms with Crippen molar-refractivity contribution in [2.24, 2.45) is 0 Å². The van der Waals surface area contributed by atoms with Gasteiger partial charge in [0.15, 0.2) is 0 Å². The molecule has 0 amide bonds. The second-order valence-corrected chi connectivity index (χ2v) is 12.7. The number of anilines is 2. The highest BCUT2D eigenvalue weighted by Gasteiger charge is 2.46. The maximum absolute atomic E-state index is 9.76. The molecule has 7 aromatic rings. The van der Waals surface area contributed by atoms with Crippen molar-refractivity contribution in [3.8, 4) is 34.0 Å². The zero-order valence-corrected chi connectivity index (χ0v) is 26.0. The van der Waals surface area contributed by atoms with Crippen molar-refractivity contribution in [3.05, 3.63) is 175 Å². The molecule has 2 aliphatic rings. The lowest BCUT2D eigenvalue weighted by molar-refractivity contribution is 0.551. The fourth-order valence-corrected chi connectivity index (χ4v) is 7.83. The fraction of sp³-hybridized carbons (Fsp3) is 0.0682. The molecule has 2 atom stereocenters. The van der Waals surface area contributed by atoms with E-state index in [9.17, 15) is 5.26 Å². The highest BCUT2D eigenvalue weighted by molar-refractivity contribution is 6.09. The Morgan fingerprint density at radius 3 is 2.13 bits per heavy atom. The molecule has 3 nitrogen and oxygen atoms in total. The molecule has 2 heterocycles. The van der Waals surface area contributed by atoms with Crippen LogP contribution in [0.15, 0.2) is 164 Å². The zero-order valence-electron chi connectivity index (χ0n) is 26.0. The summed E-state index contributed by atoms with van der Waals surface area (Å²) >= 11 is 0. The van der Waals surface area contributed by atoms with Gasteiger partial charge in [-0.15, -0.1) is 0 Å². The van der Waals surface area contributed by atoms with Gasteiger partial charge in [-0.1, -0.05) is 115 Å². The summed E-state index contributed by atoms with van der Waals surface area (Å²) in [5.41, 5.74) is 12.1. The Morgan fingerprint density at radius 2 is 1.32 bits per heavy atom. The van der Waals surface area contributed by atoms with Crippen molar-refractivity contribution in [1.82, 2.24) is 4.57 Å². The van der Waals surface area contributed by atoms with Gasteiger partial charge in [-0.2, -0.15) is 5.26 Å². The number of para-hydroxylation sites is 3. The quantitative estimate of drug-likeness (QED) is 0.201. The van der Waals surface area contributed by atoms with E-state index in [4.69, 9.17) is 0 Å². The van der Waals surface area contributed by atoms with Crippen molar-refractivity contribution < 1.29 is 0 Å². The maximum atomic E-state index is 9.76. The molecule has 1 aliphatic heterocycles. The first-order valence-electron chi connectivity index (χ1n) is 16.1. The third-order valence-electron chi connectivity index (χ3n) is 10.1. The van der Waals surface area contributed by atoms with E-state index in [1.807, 2.05) is 18.2 Å². The van der Waals surface area contributed by atoms with Gasteiger partial charge in [-0.05, 0) is 77.7 Å². The average molecular weight is 602 g/mol. The first kappa shape index (κ1) is 27.2. The molecule has 6 aromatic carbocycles. The van der Waals surface area contributed by atoms with Gasteiger partial charge in [0.05, 0.1) is 34.4 Å². The zero-order chi connectivity index (χ0) is 31.5. The number of hydrogen-bond acceptors (Lipinski definition) is 2. The Bertz CT molecular complexity index is 2420. The summed E-state index contributed by atoms with van der Waals surface area (Å²) in [5.74, 6) is 0. The van der Waals surface area contributed by atoms with Crippen LogP contribution < -0.4 is 4.90 Å². The first-order valence-corrected chi connectivity index (χ1v) is 16.1. The van der Waals surface area contributed by atoms with E-state index in [2.05, 4.69) is 168 Å². The van der Waals surface area contributed by atoms with Gasteiger partial charge in [-0.25, -0.2) is 0 Å². The van der Waals surface area contributed by atoms with Crippen LogP contribution in [-0.4, -0.2) is 10.6 Å². The SMILES string of the molecule is CC12C=CC=CC1N(c1cc(-c3cccc(-n4c5ccccc5c5ccccc54)c3)ccc1-c1cccc(C#N)c1)c1ccccc12. The van der Waals surface area contributed by atoms with Crippen LogP contribution >= 0.6 is 0 Å². The molecule has 0 radical (unpaired) electrons. The summed E-state index contributed by atoms with van der Waals surface area (Å²) in [6.07, 6.45) is 9.00. The minimum Gasteiger partial charge on any atom is -0.332 e. The van der Waals surface area contributed by atoms with E-state index in [-0.39, 0.29) is 11.5 Å². The molecular formula is C44H31N3. The molecule has 0 saturated heterocycles. The van der Waals surface area contributed by atoms with Gasteiger partial charge in [0.25, 0.3) is 0 Å². The number of benzene rings is 6. The monoisotopic (exact) mass is 601 g/mol. The topological polar surface area (TPSA) is 32.0 Å². The molecule has 222 valence electrons. The van der Waals surface area contributed by atoms with Crippen molar-refractivity contribution >= 4 is 33.2 Å². The van der Waals surface area contributed by atoms with Crippen molar-refractivity contribution in [2.45, 2.75) is 18.4 Å². The molecule has 3 heteroatoms. The van der Waals surface area contributed by atoms with E-state index in [0.717, 1.165) is 33.6 Å². The molecule has 47 heavy (non-hydrogen) atoms. The minimum atomic E-state index is -0.163. The molecule has 2 unspecified atom stereocenters. The van der Waals surface area contributed by atoms with Crippen molar-refractivity contribution in [1.29, 1.82) is 5.26 Å². The van der Waals surface area contributed by atoms with E-state index < -0.39 is 0 Å².